The van der Waals surface area contributed by atoms with Gasteiger partial charge in [-0.3, -0.25) is 0 Å². The summed E-state index contributed by atoms with van der Waals surface area (Å²) in [6, 6.07) is 8.46. The molecule has 1 aromatic rings. The lowest BCUT2D eigenvalue weighted by Crippen LogP contribution is -2.35. The van der Waals surface area contributed by atoms with Gasteiger partial charge >= 0.3 is 0 Å². The van der Waals surface area contributed by atoms with Crippen molar-refractivity contribution in [2.75, 3.05) is 24.6 Å². The number of nitrogens with two attached hydrogens (primary N) is 1. The van der Waals surface area contributed by atoms with Gasteiger partial charge in [-0.25, -0.2) is 5.90 Å². The Morgan fingerprint density at radius 1 is 1.38 bits per heavy atom. The molecule has 2 rings (SSSR count). The molecule has 0 atom stereocenters. The van der Waals surface area contributed by atoms with Crippen molar-refractivity contribution in [3.8, 4) is 0 Å². The Bertz CT molecular complexity index is 338. The summed E-state index contributed by atoms with van der Waals surface area (Å²) in [6.07, 6.45) is 2.31. The second kappa shape index (κ2) is 5.66. The van der Waals surface area contributed by atoms with Crippen LogP contribution in [0.3, 0.4) is 0 Å². The molecule has 0 amide bonds. The number of piperidine rings is 1. The summed E-state index contributed by atoms with van der Waals surface area (Å²) in [5, 5.41) is 0. The zero-order valence-corrected chi connectivity index (χ0v) is 10.8. The van der Waals surface area contributed by atoms with E-state index in [-0.39, 0.29) is 0 Å². The van der Waals surface area contributed by atoms with Gasteiger partial charge in [0.25, 0.3) is 0 Å². The lowest BCUT2D eigenvalue weighted by atomic mass is 9.97. The number of halogens is 1. The number of nitrogens with zero attached hydrogens (tertiary/aromatic N) is 1. The first-order valence-electron chi connectivity index (χ1n) is 5.62. The van der Waals surface area contributed by atoms with Gasteiger partial charge in [0, 0.05) is 23.2 Å². The lowest BCUT2D eigenvalue weighted by Gasteiger charge is -2.33. The predicted octanol–water partition coefficient (Wildman–Crippen LogP) is 2.56. The number of hydrogen-bond donors (Lipinski definition) is 1. The van der Waals surface area contributed by atoms with Crippen LogP contribution in [-0.2, 0) is 4.84 Å². The number of benzene rings is 1. The van der Waals surface area contributed by atoms with Crippen molar-refractivity contribution in [2.45, 2.75) is 12.8 Å². The highest BCUT2D eigenvalue weighted by Crippen LogP contribution is 2.25. The van der Waals surface area contributed by atoms with Crippen LogP contribution in [0.4, 0.5) is 5.69 Å². The Balaban J connectivity index is 1.94. The minimum atomic E-state index is 0.619. The molecule has 4 heteroatoms. The smallest absolute Gasteiger partial charge is 0.0708 e. The Kier molecular flexibility index (Phi) is 4.21. The first-order valence-corrected chi connectivity index (χ1v) is 6.41. The van der Waals surface area contributed by atoms with Crippen LogP contribution in [0.15, 0.2) is 28.7 Å². The summed E-state index contributed by atoms with van der Waals surface area (Å²) in [5.41, 5.74) is 1.29. The lowest BCUT2D eigenvalue weighted by molar-refractivity contribution is 0.0918. The third-order valence-corrected chi connectivity index (χ3v) is 3.61. The molecular formula is C12H17BrN2O. The molecule has 3 nitrogen and oxygen atoms in total. The average Bonchev–Trinajstić information content (AvgIpc) is 2.30. The molecule has 0 bridgehead atoms. The molecule has 2 N–H and O–H groups in total. The molecule has 0 unspecified atom stereocenters. The van der Waals surface area contributed by atoms with Crippen molar-refractivity contribution < 1.29 is 4.84 Å². The van der Waals surface area contributed by atoms with Crippen LogP contribution < -0.4 is 10.8 Å². The molecule has 0 saturated carbocycles. The molecule has 0 aliphatic carbocycles. The Morgan fingerprint density at radius 3 is 2.75 bits per heavy atom. The van der Waals surface area contributed by atoms with Gasteiger partial charge in [0.1, 0.15) is 0 Å². The molecule has 1 heterocycles. The zero-order valence-electron chi connectivity index (χ0n) is 9.23. The summed E-state index contributed by atoms with van der Waals surface area (Å²) >= 11 is 3.50. The van der Waals surface area contributed by atoms with E-state index in [1.807, 2.05) is 0 Å². The summed E-state index contributed by atoms with van der Waals surface area (Å²) < 4.78 is 1.14. The normalized spacial score (nSPS) is 17.8. The van der Waals surface area contributed by atoms with E-state index < -0.39 is 0 Å². The molecule has 1 aliphatic heterocycles. The first-order chi connectivity index (χ1) is 7.79. The highest BCUT2D eigenvalue weighted by molar-refractivity contribution is 9.10. The van der Waals surface area contributed by atoms with E-state index in [1.165, 1.54) is 5.69 Å². The van der Waals surface area contributed by atoms with Crippen molar-refractivity contribution in [2.24, 2.45) is 11.8 Å². The zero-order chi connectivity index (χ0) is 11.4. The summed E-state index contributed by atoms with van der Waals surface area (Å²) in [4.78, 5) is 7.13. The van der Waals surface area contributed by atoms with Crippen molar-refractivity contribution in [1.82, 2.24) is 0 Å². The van der Waals surface area contributed by atoms with Crippen LogP contribution in [0.5, 0.6) is 0 Å². The SMILES string of the molecule is NOCC1CCN(c2cccc(Br)c2)CC1. The van der Waals surface area contributed by atoms with Gasteiger partial charge in [0.05, 0.1) is 6.61 Å². The average molecular weight is 285 g/mol. The van der Waals surface area contributed by atoms with E-state index in [0.717, 1.165) is 30.4 Å². The maximum Gasteiger partial charge on any atom is 0.0708 e. The van der Waals surface area contributed by atoms with Crippen molar-refractivity contribution in [3.05, 3.63) is 28.7 Å². The van der Waals surface area contributed by atoms with Gasteiger partial charge in [-0.1, -0.05) is 22.0 Å². The fourth-order valence-electron chi connectivity index (χ4n) is 2.17. The minimum absolute atomic E-state index is 0.619. The van der Waals surface area contributed by atoms with E-state index in [1.54, 1.807) is 0 Å². The summed E-state index contributed by atoms with van der Waals surface area (Å²) in [7, 11) is 0. The Labute approximate surface area is 105 Å². The number of anilines is 1. The van der Waals surface area contributed by atoms with E-state index in [9.17, 15) is 0 Å². The van der Waals surface area contributed by atoms with E-state index in [2.05, 4.69) is 45.1 Å². The molecule has 88 valence electrons. The predicted molar refractivity (Wildman–Crippen MR) is 69.2 cm³/mol. The highest BCUT2D eigenvalue weighted by atomic mass is 79.9. The van der Waals surface area contributed by atoms with Gasteiger partial charge in [-0.2, -0.15) is 0 Å². The topological polar surface area (TPSA) is 38.5 Å². The van der Waals surface area contributed by atoms with Gasteiger partial charge in [-0.15, -0.1) is 0 Å². The number of hydrogen-bond acceptors (Lipinski definition) is 3. The molecule has 0 aromatic heterocycles. The molecule has 1 fully saturated rings. The van der Waals surface area contributed by atoms with Crippen molar-refractivity contribution in [1.29, 1.82) is 0 Å². The Hall–Kier alpha value is -0.580. The van der Waals surface area contributed by atoms with E-state index in [0.29, 0.717) is 12.5 Å². The van der Waals surface area contributed by atoms with Crippen molar-refractivity contribution in [3.63, 3.8) is 0 Å². The maximum atomic E-state index is 5.11. The van der Waals surface area contributed by atoms with Crippen LogP contribution >= 0.6 is 15.9 Å². The van der Waals surface area contributed by atoms with Crippen LogP contribution in [0.2, 0.25) is 0 Å². The molecular weight excluding hydrogens is 268 g/mol. The van der Waals surface area contributed by atoms with Gasteiger partial charge in [-0.05, 0) is 37.0 Å². The largest absolute Gasteiger partial charge is 0.371 e. The van der Waals surface area contributed by atoms with E-state index in [4.69, 9.17) is 10.7 Å². The molecule has 1 aromatic carbocycles. The standard InChI is InChI=1S/C12H17BrN2O/c13-11-2-1-3-12(8-11)15-6-4-10(5-7-15)9-16-14/h1-3,8,10H,4-7,9,14H2. The van der Waals surface area contributed by atoms with Crippen molar-refractivity contribution >= 4 is 21.6 Å². The second-order valence-corrected chi connectivity index (χ2v) is 5.16. The van der Waals surface area contributed by atoms with E-state index >= 15 is 0 Å². The van der Waals surface area contributed by atoms with Crippen LogP contribution in [-0.4, -0.2) is 19.7 Å². The van der Waals surface area contributed by atoms with Gasteiger partial charge in [0.15, 0.2) is 0 Å². The fraction of sp³-hybridized carbons (Fsp3) is 0.500. The molecule has 16 heavy (non-hydrogen) atoms. The highest BCUT2D eigenvalue weighted by Gasteiger charge is 2.19. The number of rotatable bonds is 3. The maximum absolute atomic E-state index is 5.11. The third-order valence-electron chi connectivity index (χ3n) is 3.12. The van der Waals surface area contributed by atoms with Crippen LogP contribution in [0, 0.1) is 5.92 Å². The second-order valence-electron chi connectivity index (χ2n) is 4.24. The molecule has 0 radical (unpaired) electrons. The first kappa shape index (κ1) is 11.9. The monoisotopic (exact) mass is 284 g/mol. The Morgan fingerprint density at radius 2 is 2.12 bits per heavy atom. The summed E-state index contributed by atoms with van der Waals surface area (Å²) in [6.45, 7) is 2.86. The molecule has 0 spiro atoms. The summed E-state index contributed by atoms with van der Waals surface area (Å²) in [5.74, 6) is 5.72. The fourth-order valence-corrected chi connectivity index (χ4v) is 2.55. The molecule has 1 saturated heterocycles. The third kappa shape index (κ3) is 2.97. The molecule has 1 aliphatic rings. The van der Waals surface area contributed by atoms with Gasteiger partial charge < -0.3 is 9.74 Å². The minimum Gasteiger partial charge on any atom is -0.371 e. The van der Waals surface area contributed by atoms with Crippen LogP contribution in [0.1, 0.15) is 12.8 Å². The van der Waals surface area contributed by atoms with Crippen LogP contribution in [0.25, 0.3) is 0 Å². The quantitative estimate of drug-likeness (QED) is 0.867. The van der Waals surface area contributed by atoms with Gasteiger partial charge in [0.2, 0.25) is 0 Å².